The van der Waals surface area contributed by atoms with Crippen LogP contribution in [0.4, 0.5) is 10.5 Å². The van der Waals surface area contributed by atoms with Gasteiger partial charge in [-0.05, 0) is 54.4 Å². The van der Waals surface area contributed by atoms with Gasteiger partial charge in [0.15, 0.2) is 11.5 Å². The van der Waals surface area contributed by atoms with Gasteiger partial charge in [0.1, 0.15) is 12.3 Å². The molecule has 218 valence electrons. The predicted molar refractivity (Wildman–Crippen MR) is 154 cm³/mol. The van der Waals surface area contributed by atoms with Gasteiger partial charge in [-0.15, -0.1) is 0 Å². The Kier molecular flexibility index (Phi) is 9.89. The SMILES string of the molecule is O=C(CN(CCCN1CCOCC1)C(=O)Nc1ccc(Cl)c(Cl)c1)N(Cc1ccc2c(c1)OCO2)Cc1ccco1. The quantitative estimate of drug-likeness (QED) is 0.326. The van der Waals surface area contributed by atoms with Crippen molar-refractivity contribution >= 4 is 40.8 Å². The molecular formula is C29H32Cl2N4O6. The molecule has 2 aliphatic heterocycles. The molecule has 0 atom stereocenters. The largest absolute Gasteiger partial charge is 0.467 e. The number of hydrogen-bond acceptors (Lipinski definition) is 7. The molecule has 0 saturated carbocycles. The summed E-state index contributed by atoms with van der Waals surface area (Å²) < 4.78 is 21.9. The molecule has 1 saturated heterocycles. The number of benzene rings is 2. The lowest BCUT2D eigenvalue weighted by Gasteiger charge is -2.30. The fraction of sp³-hybridized carbons (Fsp3) is 0.379. The Morgan fingerprint density at radius 2 is 1.76 bits per heavy atom. The standard InChI is InChI=1S/C29H32Cl2N4O6/c30-24-6-5-22(16-25(24)31)32-29(37)34(9-2-8-33-10-13-38-14-11-33)19-28(36)35(18-23-3-1-12-39-23)17-21-4-7-26-27(15-21)41-20-40-26/h1,3-7,12,15-16H,2,8-11,13-14,17-20H2,(H,32,37). The van der Waals surface area contributed by atoms with Gasteiger partial charge in [-0.3, -0.25) is 9.69 Å². The molecule has 3 heterocycles. The molecule has 2 aliphatic rings. The molecule has 0 radical (unpaired) electrons. The Hall–Kier alpha value is -3.44. The van der Waals surface area contributed by atoms with E-state index in [1.54, 1.807) is 35.4 Å². The third-order valence-electron chi connectivity index (χ3n) is 6.88. The summed E-state index contributed by atoms with van der Waals surface area (Å²) in [5.74, 6) is 1.72. The minimum absolute atomic E-state index is 0.123. The van der Waals surface area contributed by atoms with Gasteiger partial charge in [-0.1, -0.05) is 29.3 Å². The second-order valence-corrected chi connectivity index (χ2v) is 10.6. The summed E-state index contributed by atoms with van der Waals surface area (Å²) in [6.07, 6.45) is 2.27. The number of amides is 3. The molecule has 3 aromatic rings. The molecule has 0 unspecified atom stereocenters. The van der Waals surface area contributed by atoms with Gasteiger partial charge in [0.2, 0.25) is 12.7 Å². The van der Waals surface area contributed by atoms with E-state index >= 15 is 0 Å². The van der Waals surface area contributed by atoms with Crippen LogP contribution in [-0.2, 0) is 22.6 Å². The lowest BCUT2D eigenvalue weighted by atomic mass is 10.2. The van der Waals surface area contributed by atoms with Crippen molar-refractivity contribution < 1.29 is 28.2 Å². The number of hydrogen-bond donors (Lipinski definition) is 1. The Morgan fingerprint density at radius 1 is 0.927 bits per heavy atom. The van der Waals surface area contributed by atoms with Crippen LogP contribution >= 0.6 is 23.2 Å². The third kappa shape index (κ3) is 8.07. The van der Waals surface area contributed by atoms with Crippen molar-refractivity contribution in [2.45, 2.75) is 19.5 Å². The van der Waals surface area contributed by atoms with E-state index in [1.165, 1.54) is 4.90 Å². The summed E-state index contributed by atoms with van der Waals surface area (Å²) in [7, 11) is 0. The molecule has 10 nitrogen and oxygen atoms in total. The fourth-order valence-corrected chi connectivity index (χ4v) is 4.98. The smallest absolute Gasteiger partial charge is 0.322 e. The zero-order valence-corrected chi connectivity index (χ0v) is 24.0. The molecule has 0 spiro atoms. The second kappa shape index (κ2) is 14.0. The molecule has 1 N–H and O–H groups in total. The highest BCUT2D eigenvalue weighted by Gasteiger charge is 2.24. The molecule has 12 heteroatoms. The van der Waals surface area contributed by atoms with Crippen molar-refractivity contribution in [2.75, 3.05) is 58.0 Å². The number of rotatable bonds is 11. The highest BCUT2D eigenvalue weighted by molar-refractivity contribution is 6.42. The van der Waals surface area contributed by atoms with E-state index in [1.807, 2.05) is 24.3 Å². The Morgan fingerprint density at radius 3 is 2.54 bits per heavy atom. The maximum absolute atomic E-state index is 13.8. The first kappa shape index (κ1) is 29.1. The number of nitrogens with zero attached hydrogens (tertiary/aromatic N) is 3. The lowest BCUT2D eigenvalue weighted by molar-refractivity contribution is -0.133. The monoisotopic (exact) mass is 602 g/mol. The van der Waals surface area contributed by atoms with E-state index in [-0.39, 0.29) is 25.8 Å². The van der Waals surface area contributed by atoms with Gasteiger partial charge in [-0.25, -0.2) is 4.79 Å². The normalized spacial score (nSPS) is 14.6. The number of ether oxygens (including phenoxy) is 3. The molecule has 1 aromatic heterocycles. The molecule has 3 amide bonds. The number of halogens is 2. The number of urea groups is 1. The van der Waals surface area contributed by atoms with E-state index in [0.717, 1.165) is 25.2 Å². The van der Waals surface area contributed by atoms with Crippen LogP contribution in [0.25, 0.3) is 0 Å². The highest BCUT2D eigenvalue weighted by atomic mass is 35.5. The molecule has 0 bridgehead atoms. The van der Waals surface area contributed by atoms with Gasteiger partial charge in [0, 0.05) is 38.4 Å². The van der Waals surface area contributed by atoms with E-state index in [0.29, 0.717) is 65.7 Å². The van der Waals surface area contributed by atoms with Gasteiger partial charge in [0.25, 0.3) is 0 Å². The summed E-state index contributed by atoms with van der Waals surface area (Å²) in [5, 5.41) is 3.57. The van der Waals surface area contributed by atoms with Crippen molar-refractivity contribution in [3.8, 4) is 11.5 Å². The number of carbonyl (C=O) groups is 2. The number of anilines is 1. The molecule has 41 heavy (non-hydrogen) atoms. The van der Waals surface area contributed by atoms with Crippen molar-refractivity contribution in [1.29, 1.82) is 0 Å². The van der Waals surface area contributed by atoms with Crippen LogP contribution in [0.1, 0.15) is 17.7 Å². The first-order chi connectivity index (χ1) is 19.9. The van der Waals surface area contributed by atoms with Crippen molar-refractivity contribution in [3.05, 3.63) is 76.2 Å². The number of morpholine rings is 1. The molecule has 0 aliphatic carbocycles. The van der Waals surface area contributed by atoms with Crippen molar-refractivity contribution in [3.63, 3.8) is 0 Å². The van der Waals surface area contributed by atoms with Crippen LogP contribution in [0.15, 0.2) is 59.2 Å². The number of carbonyl (C=O) groups excluding carboxylic acids is 2. The van der Waals surface area contributed by atoms with Crippen LogP contribution < -0.4 is 14.8 Å². The van der Waals surface area contributed by atoms with Crippen LogP contribution in [-0.4, -0.2) is 79.4 Å². The highest BCUT2D eigenvalue weighted by Crippen LogP contribution is 2.33. The molecule has 1 fully saturated rings. The predicted octanol–water partition coefficient (Wildman–Crippen LogP) is 5.10. The Balaban J connectivity index is 1.30. The lowest BCUT2D eigenvalue weighted by Crippen LogP contribution is -2.45. The van der Waals surface area contributed by atoms with E-state index in [4.69, 9.17) is 41.8 Å². The first-order valence-corrected chi connectivity index (χ1v) is 14.2. The third-order valence-corrected chi connectivity index (χ3v) is 7.62. The summed E-state index contributed by atoms with van der Waals surface area (Å²) in [4.78, 5) is 32.7. The zero-order valence-electron chi connectivity index (χ0n) is 22.5. The topological polar surface area (TPSA) is 96.7 Å². The first-order valence-electron chi connectivity index (χ1n) is 13.4. The summed E-state index contributed by atoms with van der Waals surface area (Å²) >= 11 is 12.2. The second-order valence-electron chi connectivity index (χ2n) is 9.80. The van der Waals surface area contributed by atoms with Crippen LogP contribution in [0.2, 0.25) is 10.0 Å². The van der Waals surface area contributed by atoms with E-state index < -0.39 is 6.03 Å². The number of furan rings is 1. The molecule has 2 aromatic carbocycles. The number of fused-ring (bicyclic) bond motifs is 1. The fourth-order valence-electron chi connectivity index (χ4n) is 4.68. The van der Waals surface area contributed by atoms with Gasteiger partial charge < -0.3 is 33.7 Å². The van der Waals surface area contributed by atoms with E-state index in [9.17, 15) is 9.59 Å². The van der Waals surface area contributed by atoms with Gasteiger partial charge in [-0.2, -0.15) is 0 Å². The van der Waals surface area contributed by atoms with Gasteiger partial charge in [0.05, 0.1) is 36.1 Å². The maximum atomic E-state index is 13.8. The van der Waals surface area contributed by atoms with Crippen molar-refractivity contribution in [1.82, 2.24) is 14.7 Å². The Labute approximate surface area is 248 Å². The zero-order chi connectivity index (χ0) is 28.6. The minimum atomic E-state index is -0.403. The van der Waals surface area contributed by atoms with Gasteiger partial charge >= 0.3 is 6.03 Å². The molecule has 5 rings (SSSR count). The van der Waals surface area contributed by atoms with E-state index in [2.05, 4.69) is 10.2 Å². The van der Waals surface area contributed by atoms with Crippen molar-refractivity contribution in [2.24, 2.45) is 0 Å². The Bertz CT molecular complexity index is 1330. The summed E-state index contributed by atoms with van der Waals surface area (Å²) in [6, 6.07) is 13.6. The maximum Gasteiger partial charge on any atom is 0.322 e. The number of nitrogens with one attached hydrogen (secondary N) is 1. The average molecular weight is 604 g/mol. The van der Waals surface area contributed by atoms with Crippen LogP contribution in [0, 0.1) is 0 Å². The van der Waals surface area contributed by atoms with Crippen LogP contribution in [0.3, 0.4) is 0 Å². The minimum Gasteiger partial charge on any atom is -0.467 e. The summed E-state index contributed by atoms with van der Waals surface area (Å²) in [5.41, 5.74) is 1.36. The summed E-state index contributed by atoms with van der Waals surface area (Å²) in [6.45, 7) is 4.85. The average Bonchev–Trinajstić information content (AvgIpc) is 3.66. The van der Waals surface area contributed by atoms with Crippen LogP contribution in [0.5, 0.6) is 11.5 Å². The molecular weight excluding hydrogens is 571 g/mol.